The van der Waals surface area contributed by atoms with Crippen molar-refractivity contribution in [2.45, 2.75) is 52.7 Å². The summed E-state index contributed by atoms with van der Waals surface area (Å²) in [7, 11) is 0. The van der Waals surface area contributed by atoms with Gasteiger partial charge in [0.05, 0.1) is 5.39 Å². The molecular formula is C17H22N2O6. The molecule has 0 radical (unpaired) electrons. The van der Waals surface area contributed by atoms with E-state index in [2.05, 4.69) is 5.16 Å². The summed E-state index contributed by atoms with van der Waals surface area (Å²) in [5.41, 5.74) is -1.37. The van der Waals surface area contributed by atoms with E-state index in [1.165, 1.54) is 18.2 Å². The Morgan fingerprint density at radius 3 is 2.04 bits per heavy atom. The number of hydrogen-bond donors (Lipinski definition) is 1. The van der Waals surface area contributed by atoms with Crippen molar-refractivity contribution < 1.29 is 28.7 Å². The molecule has 8 nitrogen and oxygen atoms in total. The Kier molecular flexibility index (Phi) is 4.66. The molecule has 0 aliphatic carbocycles. The van der Waals surface area contributed by atoms with Crippen molar-refractivity contribution in [1.29, 1.82) is 0 Å². The number of carbonyl (C=O) groups excluding carboxylic acids is 2. The van der Waals surface area contributed by atoms with E-state index in [9.17, 15) is 14.7 Å². The number of imide groups is 1. The zero-order valence-corrected chi connectivity index (χ0v) is 15.1. The Hall–Kier alpha value is -2.77. The lowest BCUT2D eigenvalue weighted by Crippen LogP contribution is -2.44. The summed E-state index contributed by atoms with van der Waals surface area (Å²) in [5, 5.41) is 13.7. The van der Waals surface area contributed by atoms with E-state index < -0.39 is 23.4 Å². The van der Waals surface area contributed by atoms with Crippen LogP contribution < -0.4 is 4.90 Å². The lowest BCUT2D eigenvalue weighted by molar-refractivity contribution is 0.0428. The van der Waals surface area contributed by atoms with E-state index in [0.29, 0.717) is 10.5 Å². The van der Waals surface area contributed by atoms with Crippen LogP contribution in [0.1, 0.15) is 41.5 Å². The molecule has 1 heterocycles. The molecule has 0 aliphatic rings. The Balaban J connectivity index is 2.51. The quantitative estimate of drug-likeness (QED) is 0.821. The third kappa shape index (κ3) is 4.62. The highest BCUT2D eigenvalue weighted by Crippen LogP contribution is 2.31. The SMILES string of the molecule is CC(C)(C)OC(=O)N(C(=O)OC(C)(C)C)c1noc2ccc(O)cc12. The fraction of sp³-hybridized carbons (Fsp3) is 0.471. The molecule has 0 saturated carbocycles. The van der Waals surface area contributed by atoms with Gasteiger partial charge >= 0.3 is 12.2 Å². The number of hydrogen-bond acceptors (Lipinski definition) is 7. The van der Waals surface area contributed by atoms with Gasteiger partial charge in [0.25, 0.3) is 0 Å². The van der Waals surface area contributed by atoms with Crippen molar-refractivity contribution in [1.82, 2.24) is 5.16 Å². The van der Waals surface area contributed by atoms with Crippen LogP contribution in [0.25, 0.3) is 11.0 Å². The first kappa shape index (κ1) is 18.6. The molecule has 0 spiro atoms. The zero-order valence-electron chi connectivity index (χ0n) is 15.1. The van der Waals surface area contributed by atoms with E-state index in [-0.39, 0.29) is 17.0 Å². The number of rotatable bonds is 1. The Morgan fingerprint density at radius 1 is 1.04 bits per heavy atom. The van der Waals surface area contributed by atoms with E-state index in [1.807, 2.05) is 0 Å². The summed E-state index contributed by atoms with van der Waals surface area (Å²) in [6, 6.07) is 4.22. The lowest BCUT2D eigenvalue weighted by atomic mass is 10.2. The molecule has 8 heteroatoms. The van der Waals surface area contributed by atoms with E-state index >= 15 is 0 Å². The van der Waals surface area contributed by atoms with Gasteiger partial charge in [0.2, 0.25) is 0 Å². The second kappa shape index (κ2) is 6.27. The Labute approximate surface area is 145 Å². The maximum atomic E-state index is 12.6. The molecule has 2 amide bonds. The van der Waals surface area contributed by atoms with Gasteiger partial charge in [0, 0.05) is 0 Å². The molecule has 1 N–H and O–H groups in total. The minimum absolute atomic E-state index is 0.0646. The van der Waals surface area contributed by atoms with Crippen molar-refractivity contribution in [2.24, 2.45) is 0 Å². The summed E-state index contributed by atoms with van der Waals surface area (Å²) in [6.45, 7) is 10.0. The van der Waals surface area contributed by atoms with Crippen LogP contribution in [-0.2, 0) is 9.47 Å². The number of nitrogens with zero attached hydrogens (tertiary/aromatic N) is 2. The van der Waals surface area contributed by atoms with Gasteiger partial charge in [-0.3, -0.25) is 0 Å². The van der Waals surface area contributed by atoms with E-state index in [1.54, 1.807) is 41.5 Å². The number of phenols is 1. The summed E-state index contributed by atoms with van der Waals surface area (Å²) in [6.07, 6.45) is -1.92. The van der Waals surface area contributed by atoms with Crippen LogP contribution in [0.15, 0.2) is 22.7 Å². The first-order chi connectivity index (χ1) is 11.4. The van der Waals surface area contributed by atoms with Gasteiger partial charge in [-0.05, 0) is 59.7 Å². The van der Waals surface area contributed by atoms with Gasteiger partial charge in [0.1, 0.15) is 17.0 Å². The predicted octanol–water partition coefficient (Wildman–Crippen LogP) is 4.21. The molecule has 1 aromatic heterocycles. The van der Waals surface area contributed by atoms with Crippen LogP contribution in [0.3, 0.4) is 0 Å². The fourth-order valence-corrected chi connectivity index (χ4v) is 1.94. The highest BCUT2D eigenvalue weighted by molar-refractivity contribution is 6.13. The van der Waals surface area contributed by atoms with Gasteiger partial charge in [-0.2, -0.15) is 4.90 Å². The Morgan fingerprint density at radius 2 is 1.56 bits per heavy atom. The van der Waals surface area contributed by atoms with Crippen molar-refractivity contribution in [3.05, 3.63) is 18.2 Å². The maximum Gasteiger partial charge on any atom is 0.425 e. The second-order valence-corrected chi connectivity index (χ2v) is 7.48. The molecule has 0 atom stereocenters. The number of phenolic OH excluding ortho intramolecular Hbond substituents is 1. The van der Waals surface area contributed by atoms with Crippen LogP contribution in [0.2, 0.25) is 0 Å². The standard InChI is InChI=1S/C17H22N2O6/c1-16(2,3)23-14(21)19(15(22)24-17(4,5)6)13-11-9-10(20)7-8-12(11)25-18-13/h7-9,20H,1-6H3. The molecule has 0 aliphatic heterocycles. The smallest absolute Gasteiger partial charge is 0.425 e. The number of aromatic hydroxyl groups is 1. The van der Waals surface area contributed by atoms with Crippen molar-refractivity contribution in [2.75, 3.05) is 4.90 Å². The molecule has 2 rings (SSSR count). The number of aromatic nitrogens is 1. The van der Waals surface area contributed by atoms with E-state index in [0.717, 1.165) is 0 Å². The van der Waals surface area contributed by atoms with Gasteiger partial charge in [-0.1, -0.05) is 5.16 Å². The fourth-order valence-electron chi connectivity index (χ4n) is 1.94. The van der Waals surface area contributed by atoms with Crippen LogP contribution in [0.4, 0.5) is 15.4 Å². The number of anilines is 1. The number of ether oxygens (including phenoxy) is 2. The summed E-state index contributed by atoms with van der Waals surface area (Å²) in [4.78, 5) is 25.8. The van der Waals surface area contributed by atoms with Crippen LogP contribution in [-0.4, -0.2) is 33.7 Å². The number of benzene rings is 1. The van der Waals surface area contributed by atoms with Gasteiger partial charge < -0.3 is 19.1 Å². The third-order valence-corrected chi connectivity index (χ3v) is 2.80. The summed E-state index contributed by atoms with van der Waals surface area (Å²) >= 11 is 0. The molecular weight excluding hydrogens is 328 g/mol. The van der Waals surface area contributed by atoms with E-state index in [4.69, 9.17) is 14.0 Å². The van der Waals surface area contributed by atoms with Gasteiger partial charge in [-0.25, -0.2) is 9.59 Å². The number of fused-ring (bicyclic) bond motifs is 1. The molecule has 0 unspecified atom stereocenters. The topological polar surface area (TPSA) is 102 Å². The van der Waals surface area contributed by atoms with Crippen LogP contribution >= 0.6 is 0 Å². The highest BCUT2D eigenvalue weighted by Gasteiger charge is 2.35. The Bertz CT molecular complexity index is 770. The summed E-state index contributed by atoms with van der Waals surface area (Å²) in [5.74, 6) is -0.181. The monoisotopic (exact) mass is 350 g/mol. The predicted molar refractivity (Wildman–Crippen MR) is 90.6 cm³/mol. The largest absolute Gasteiger partial charge is 0.508 e. The zero-order chi connectivity index (χ0) is 19.0. The summed E-state index contributed by atoms with van der Waals surface area (Å²) < 4.78 is 15.7. The lowest BCUT2D eigenvalue weighted by Gasteiger charge is -2.27. The molecule has 2 aromatic rings. The second-order valence-electron chi connectivity index (χ2n) is 7.48. The van der Waals surface area contributed by atoms with Gasteiger partial charge in [0.15, 0.2) is 11.4 Å². The molecule has 136 valence electrons. The van der Waals surface area contributed by atoms with Crippen LogP contribution in [0.5, 0.6) is 5.75 Å². The minimum atomic E-state index is -0.958. The van der Waals surface area contributed by atoms with Crippen molar-refractivity contribution in [3.63, 3.8) is 0 Å². The third-order valence-electron chi connectivity index (χ3n) is 2.80. The van der Waals surface area contributed by atoms with Crippen molar-refractivity contribution >= 4 is 29.0 Å². The maximum absolute atomic E-state index is 12.6. The first-order valence-electron chi connectivity index (χ1n) is 7.72. The molecule has 1 aromatic carbocycles. The average molecular weight is 350 g/mol. The molecule has 0 bridgehead atoms. The normalized spacial score (nSPS) is 12.1. The van der Waals surface area contributed by atoms with Gasteiger partial charge in [-0.15, -0.1) is 0 Å². The van der Waals surface area contributed by atoms with Crippen molar-refractivity contribution in [3.8, 4) is 5.75 Å². The average Bonchev–Trinajstić information content (AvgIpc) is 2.78. The van der Waals surface area contributed by atoms with Crippen LogP contribution in [0, 0.1) is 0 Å². The number of amides is 2. The molecule has 0 saturated heterocycles. The number of carbonyl (C=O) groups is 2. The molecule has 25 heavy (non-hydrogen) atoms. The molecule has 0 fully saturated rings. The first-order valence-corrected chi connectivity index (χ1v) is 7.72. The highest BCUT2D eigenvalue weighted by atomic mass is 16.6. The minimum Gasteiger partial charge on any atom is -0.508 e.